The van der Waals surface area contributed by atoms with Crippen molar-refractivity contribution in [3.05, 3.63) is 47.6 Å². The van der Waals surface area contributed by atoms with E-state index >= 15 is 0 Å². The van der Waals surface area contributed by atoms with Gasteiger partial charge in [-0.05, 0) is 24.3 Å². The smallest absolute Gasteiger partial charge is 0.240 e. The third-order valence-electron chi connectivity index (χ3n) is 4.62. The maximum absolute atomic E-state index is 12.5. The molecule has 10 nitrogen and oxygen atoms in total. The molecule has 12 heteroatoms. The quantitative estimate of drug-likeness (QED) is 0.373. The van der Waals surface area contributed by atoms with Crippen molar-refractivity contribution in [3.63, 3.8) is 0 Å². The van der Waals surface area contributed by atoms with E-state index in [0.29, 0.717) is 39.1 Å². The molecule has 0 saturated heterocycles. The highest BCUT2D eigenvalue weighted by Gasteiger charge is 2.22. The maximum Gasteiger partial charge on any atom is 0.240 e. The Labute approximate surface area is 187 Å². The van der Waals surface area contributed by atoms with Crippen LogP contribution in [0.1, 0.15) is 0 Å². The molecule has 0 aliphatic heterocycles. The highest BCUT2D eigenvalue weighted by atomic mass is 35.5. The number of hydrogen-bond donors (Lipinski definition) is 3. The number of imidazole rings is 1. The Kier molecular flexibility index (Phi) is 5.76. The van der Waals surface area contributed by atoms with Crippen LogP contribution >= 0.6 is 11.6 Å². The number of halogens is 1. The number of nitrogens with zero attached hydrogens (tertiary/aromatic N) is 2. The minimum absolute atomic E-state index is 0.00430. The number of anilines is 1. The van der Waals surface area contributed by atoms with Gasteiger partial charge in [-0.25, -0.2) is 13.4 Å². The molecule has 2 aromatic heterocycles. The van der Waals surface area contributed by atoms with Crippen molar-refractivity contribution < 1.29 is 22.7 Å². The van der Waals surface area contributed by atoms with Gasteiger partial charge in [0.2, 0.25) is 5.91 Å². The number of H-pyrrole nitrogens is 2. The Hall–Kier alpha value is -3.57. The Morgan fingerprint density at radius 3 is 2.50 bits per heavy atom. The zero-order valence-corrected chi connectivity index (χ0v) is 18.5. The first-order chi connectivity index (χ1) is 15.3. The Morgan fingerprint density at radius 1 is 1.12 bits per heavy atom. The summed E-state index contributed by atoms with van der Waals surface area (Å²) in [5, 5.41) is 9.75. The normalized spacial score (nSPS) is 11.5. The zero-order chi connectivity index (χ0) is 22.9. The van der Waals surface area contributed by atoms with Crippen molar-refractivity contribution in [1.82, 2.24) is 20.2 Å². The summed E-state index contributed by atoms with van der Waals surface area (Å²) in [7, 11) is -0.793. The molecule has 0 atom stereocenters. The van der Waals surface area contributed by atoms with Gasteiger partial charge < -0.3 is 19.8 Å². The molecule has 4 rings (SSSR count). The number of hydrogen-bond acceptors (Lipinski definition) is 7. The van der Waals surface area contributed by atoms with E-state index in [1.165, 1.54) is 44.7 Å². The minimum Gasteiger partial charge on any atom is -0.493 e. The fourth-order valence-corrected chi connectivity index (χ4v) is 4.36. The third kappa shape index (κ3) is 4.25. The summed E-state index contributed by atoms with van der Waals surface area (Å²) in [6, 6.07) is 9.04. The van der Waals surface area contributed by atoms with Crippen LogP contribution in [0.2, 0.25) is 5.02 Å². The van der Waals surface area contributed by atoms with Gasteiger partial charge in [0, 0.05) is 23.4 Å². The summed E-state index contributed by atoms with van der Waals surface area (Å²) in [5.41, 5.74) is 1.86. The number of fused-ring (bicyclic) bond motifs is 1. The van der Waals surface area contributed by atoms with Crippen molar-refractivity contribution in [3.8, 4) is 23.0 Å². The van der Waals surface area contributed by atoms with E-state index in [4.69, 9.17) is 21.1 Å². The van der Waals surface area contributed by atoms with Crippen LogP contribution in [0.15, 0.2) is 47.5 Å². The number of rotatable bonds is 7. The Balaban J connectivity index is 1.57. The molecule has 0 unspecified atom stereocenters. The number of amides is 1. The Morgan fingerprint density at radius 2 is 1.81 bits per heavy atom. The molecule has 32 heavy (non-hydrogen) atoms. The number of aromatic nitrogens is 4. The van der Waals surface area contributed by atoms with E-state index in [9.17, 15) is 13.2 Å². The summed E-state index contributed by atoms with van der Waals surface area (Å²) in [6.07, 6.45) is 1.44. The number of methoxy groups -OCH3 is 2. The van der Waals surface area contributed by atoms with E-state index < -0.39 is 21.5 Å². The molecule has 0 spiro atoms. The molecule has 166 valence electrons. The van der Waals surface area contributed by atoms with Crippen molar-refractivity contribution in [2.75, 3.05) is 25.3 Å². The van der Waals surface area contributed by atoms with Gasteiger partial charge in [0.05, 0.1) is 35.8 Å². The second kappa shape index (κ2) is 8.52. The summed E-state index contributed by atoms with van der Waals surface area (Å²) >= 11 is 5.79. The van der Waals surface area contributed by atoms with Gasteiger partial charge >= 0.3 is 0 Å². The van der Waals surface area contributed by atoms with Gasteiger partial charge in [0.1, 0.15) is 5.75 Å². The average molecular weight is 476 g/mol. The number of carbonyl (C=O) groups is 1. The van der Waals surface area contributed by atoms with Crippen LogP contribution in [0.25, 0.3) is 22.6 Å². The summed E-state index contributed by atoms with van der Waals surface area (Å²) in [6.45, 7) is 0. The van der Waals surface area contributed by atoms with Crippen LogP contribution in [0.5, 0.6) is 11.5 Å². The van der Waals surface area contributed by atoms with Crippen LogP contribution in [0, 0.1) is 0 Å². The highest BCUT2D eigenvalue weighted by molar-refractivity contribution is 7.92. The van der Waals surface area contributed by atoms with Gasteiger partial charge in [-0.3, -0.25) is 9.89 Å². The van der Waals surface area contributed by atoms with Gasteiger partial charge in [-0.1, -0.05) is 11.6 Å². The average Bonchev–Trinajstić information content (AvgIpc) is 3.38. The molecular weight excluding hydrogens is 458 g/mol. The molecule has 2 aromatic carbocycles. The van der Waals surface area contributed by atoms with Crippen LogP contribution in [-0.2, 0) is 14.6 Å². The lowest BCUT2D eigenvalue weighted by atomic mass is 10.3. The molecule has 0 saturated carbocycles. The molecule has 0 aliphatic carbocycles. The fraction of sp³-hybridized carbons (Fsp3) is 0.150. The van der Waals surface area contributed by atoms with Crippen LogP contribution in [-0.4, -0.2) is 54.5 Å². The van der Waals surface area contributed by atoms with Gasteiger partial charge in [-0.2, -0.15) is 5.10 Å². The van der Waals surface area contributed by atoms with Crippen molar-refractivity contribution in [1.29, 1.82) is 0 Å². The highest BCUT2D eigenvalue weighted by Crippen LogP contribution is 2.33. The van der Waals surface area contributed by atoms with Gasteiger partial charge in [0.25, 0.3) is 0 Å². The van der Waals surface area contributed by atoms with Gasteiger partial charge in [-0.15, -0.1) is 0 Å². The molecule has 3 N–H and O–H groups in total. The van der Waals surface area contributed by atoms with E-state index in [1.54, 1.807) is 12.1 Å². The fourth-order valence-electron chi connectivity index (χ4n) is 3.10. The second-order valence-corrected chi connectivity index (χ2v) is 9.14. The van der Waals surface area contributed by atoms with Crippen LogP contribution < -0.4 is 14.8 Å². The maximum atomic E-state index is 12.5. The predicted octanol–water partition coefficient (Wildman–Crippen LogP) is 3.04. The van der Waals surface area contributed by atoms with E-state index in [-0.39, 0.29) is 10.6 Å². The number of sulfone groups is 1. The first-order valence-corrected chi connectivity index (χ1v) is 11.3. The van der Waals surface area contributed by atoms with Crippen molar-refractivity contribution >= 4 is 44.1 Å². The molecule has 1 amide bonds. The number of nitrogens with one attached hydrogen (secondary N) is 3. The second-order valence-electron chi connectivity index (χ2n) is 6.72. The lowest BCUT2D eigenvalue weighted by molar-refractivity contribution is -0.113. The van der Waals surface area contributed by atoms with E-state index in [0.717, 1.165) is 0 Å². The van der Waals surface area contributed by atoms with Crippen LogP contribution in [0.4, 0.5) is 5.69 Å². The monoisotopic (exact) mass is 475 g/mol. The predicted molar refractivity (Wildman–Crippen MR) is 119 cm³/mol. The SMILES string of the molecule is COc1cc2nc(-c3n[nH]cc3NC(=O)CS(=O)(=O)c3ccc(Cl)cc3)[nH]c2cc1OC. The van der Waals surface area contributed by atoms with Crippen molar-refractivity contribution in [2.45, 2.75) is 4.90 Å². The molecule has 4 aromatic rings. The zero-order valence-electron chi connectivity index (χ0n) is 17.0. The largest absolute Gasteiger partial charge is 0.493 e. The number of ether oxygens (including phenoxy) is 2. The summed E-state index contributed by atoms with van der Waals surface area (Å²) < 4.78 is 35.6. The van der Waals surface area contributed by atoms with Crippen LogP contribution in [0.3, 0.4) is 0 Å². The minimum atomic E-state index is -3.85. The summed E-state index contributed by atoms with van der Waals surface area (Å²) in [5.74, 6) is -0.0537. The number of carbonyl (C=O) groups excluding carboxylic acids is 1. The van der Waals surface area contributed by atoms with E-state index in [2.05, 4.69) is 25.5 Å². The Bertz CT molecular complexity index is 1350. The molecular formula is C20H18ClN5O5S. The standard InChI is InChI=1S/C20H18ClN5O5S/c1-30-16-7-13-14(8-17(16)31-2)25-20(24-13)19-15(9-22-26-19)23-18(27)10-32(28,29)12-5-3-11(21)4-6-12/h3-9H,10H2,1-2H3,(H,22,26)(H,23,27)(H,24,25). The molecule has 0 radical (unpaired) electrons. The molecule has 0 bridgehead atoms. The first kappa shape index (κ1) is 21.7. The lowest BCUT2D eigenvalue weighted by Gasteiger charge is -2.06. The topological polar surface area (TPSA) is 139 Å². The van der Waals surface area contributed by atoms with E-state index in [1.807, 2.05) is 0 Å². The molecule has 2 heterocycles. The number of aromatic amines is 2. The third-order valence-corrected chi connectivity index (χ3v) is 6.50. The molecule has 0 aliphatic rings. The van der Waals surface area contributed by atoms with Crippen molar-refractivity contribution in [2.24, 2.45) is 0 Å². The number of benzene rings is 2. The lowest BCUT2D eigenvalue weighted by Crippen LogP contribution is -2.23. The summed E-state index contributed by atoms with van der Waals surface area (Å²) in [4.78, 5) is 20.1. The van der Waals surface area contributed by atoms with Gasteiger partial charge in [0.15, 0.2) is 32.9 Å². The first-order valence-electron chi connectivity index (χ1n) is 9.25. The molecule has 0 fully saturated rings.